The highest BCUT2D eigenvalue weighted by Crippen LogP contribution is 2.33. The van der Waals surface area contributed by atoms with Gasteiger partial charge < -0.3 is 4.42 Å². The van der Waals surface area contributed by atoms with E-state index in [1.807, 2.05) is 30.3 Å². The number of fused-ring (bicyclic) bond motifs is 1. The number of aromatic nitrogens is 1. The molecule has 4 rings (SSSR count). The molecule has 0 atom stereocenters. The standard InChI is InChI=1S/C22H18NO2S/c1-22(2,3)19-13-26-21(23-19)18-12-16-11-15(9-10-17(16)25-18)20(24)14-7-5-4-6-8-14/h4-7,9-13H,1-3H3. The van der Waals surface area contributed by atoms with Crippen LogP contribution in [-0.4, -0.2) is 10.8 Å². The summed E-state index contributed by atoms with van der Waals surface area (Å²) >= 11 is 1.58. The Morgan fingerprint density at radius 3 is 2.69 bits per heavy atom. The van der Waals surface area contributed by atoms with Crippen molar-refractivity contribution in [1.29, 1.82) is 0 Å². The Morgan fingerprint density at radius 2 is 2.00 bits per heavy atom. The molecule has 26 heavy (non-hydrogen) atoms. The first-order valence-corrected chi connectivity index (χ1v) is 9.31. The third-order valence-corrected chi connectivity index (χ3v) is 5.07. The minimum Gasteiger partial charge on any atom is -0.454 e. The van der Waals surface area contributed by atoms with Crippen LogP contribution >= 0.6 is 11.3 Å². The van der Waals surface area contributed by atoms with Crippen molar-refractivity contribution in [3.8, 4) is 10.8 Å². The summed E-state index contributed by atoms with van der Waals surface area (Å²) in [7, 11) is 0. The van der Waals surface area contributed by atoms with Crippen molar-refractivity contribution in [2.75, 3.05) is 0 Å². The van der Waals surface area contributed by atoms with E-state index in [4.69, 9.17) is 9.40 Å². The van der Waals surface area contributed by atoms with E-state index < -0.39 is 0 Å². The molecule has 2 heterocycles. The summed E-state index contributed by atoms with van der Waals surface area (Å²) in [5, 5.41) is 3.83. The van der Waals surface area contributed by atoms with Crippen molar-refractivity contribution in [2.45, 2.75) is 26.2 Å². The molecule has 0 fully saturated rings. The molecule has 1 radical (unpaired) electrons. The Morgan fingerprint density at radius 1 is 1.15 bits per heavy atom. The van der Waals surface area contributed by atoms with Crippen molar-refractivity contribution < 1.29 is 9.21 Å². The summed E-state index contributed by atoms with van der Waals surface area (Å²) in [6, 6.07) is 17.6. The maximum Gasteiger partial charge on any atom is 0.193 e. The predicted octanol–water partition coefficient (Wildman–Crippen LogP) is 5.88. The van der Waals surface area contributed by atoms with Gasteiger partial charge in [0.15, 0.2) is 16.6 Å². The molecule has 0 N–H and O–H groups in total. The minimum absolute atomic E-state index is 0.00649. The summed E-state index contributed by atoms with van der Waals surface area (Å²) in [6.45, 7) is 6.43. The monoisotopic (exact) mass is 360 g/mol. The Labute approximate surface area is 156 Å². The molecular weight excluding hydrogens is 342 g/mol. The number of carbonyl (C=O) groups is 1. The van der Waals surface area contributed by atoms with E-state index in [9.17, 15) is 4.79 Å². The van der Waals surface area contributed by atoms with E-state index in [2.05, 4.69) is 32.2 Å². The SMILES string of the molecule is CC(C)(C)c1csc(-c2cc3cc(C(=O)c4[c]cccc4)ccc3o2)n1. The number of thiazole rings is 1. The van der Waals surface area contributed by atoms with E-state index in [-0.39, 0.29) is 11.2 Å². The van der Waals surface area contributed by atoms with Crippen molar-refractivity contribution in [1.82, 2.24) is 4.98 Å². The van der Waals surface area contributed by atoms with Gasteiger partial charge in [0.2, 0.25) is 0 Å². The van der Waals surface area contributed by atoms with Gasteiger partial charge in [-0.15, -0.1) is 11.3 Å². The second-order valence-electron chi connectivity index (χ2n) is 7.26. The third-order valence-electron chi connectivity index (χ3n) is 4.22. The molecule has 0 aliphatic heterocycles. The van der Waals surface area contributed by atoms with Gasteiger partial charge in [-0.1, -0.05) is 45.0 Å². The molecule has 0 aliphatic carbocycles. The van der Waals surface area contributed by atoms with Gasteiger partial charge in [-0.25, -0.2) is 4.98 Å². The molecule has 0 saturated heterocycles. The lowest BCUT2D eigenvalue weighted by Gasteiger charge is -2.13. The molecule has 0 unspecified atom stereocenters. The molecule has 0 amide bonds. The van der Waals surface area contributed by atoms with Crippen LogP contribution < -0.4 is 0 Å². The lowest BCUT2D eigenvalue weighted by Crippen LogP contribution is -2.11. The number of hydrogen-bond donors (Lipinski definition) is 0. The number of ketones is 1. The fourth-order valence-electron chi connectivity index (χ4n) is 2.71. The summed E-state index contributed by atoms with van der Waals surface area (Å²) in [5.41, 5.74) is 2.99. The first kappa shape index (κ1) is 16.7. The van der Waals surface area contributed by atoms with Crippen molar-refractivity contribution in [3.63, 3.8) is 0 Å². The fraction of sp³-hybridized carbons (Fsp3) is 0.182. The van der Waals surface area contributed by atoms with E-state index in [1.165, 1.54) is 0 Å². The maximum absolute atomic E-state index is 12.6. The van der Waals surface area contributed by atoms with Gasteiger partial charge in [0.05, 0.1) is 5.69 Å². The van der Waals surface area contributed by atoms with Crippen LogP contribution in [0.1, 0.15) is 42.4 Å². The highest BCUT2D eigenvalue weighted by Gasteiger charge is 2.19. The molecule has 0 spiro atoms. The third kappa shape index (κ3) is 3.08. The lowest BCUT2D eigenvalue weighted by molar-refractivity contribution is 0.103. The highest BCUT2D eigenvalue weighted by molar-refractivity contribution is 7.13. The molecule has 2 aromatic heterocycles. The van der Waals surface area contributed by atoms with E-state index in [0.29, 0.717) is 11.1 Å². The van der Waals surface area contributed by atoms with Crippen LogP contribution in [0.15, 0.2) is 58.3 Å². The Balaban J connectivity index is 1.70. The summed E-state index contributed by atoms with van der Waals surface area (Å²) in [5.74, 6) is 0.691. The van der Waals surface area contributed by atoms with Crippen LogP contribution in [0.4, 0.5) is 0 Å². The average Bonchev–Trinajstić information content (AvgIpc) is 3.27. The maximum atomic E-state index is 12.6. The fourth-order valence-corrected chi connectivity index (χ4v) is 3.71. The summed E-state index contributed by atoms with van der Waals surface area (Å²) in [6.07, 6.45) is 0. The van der Waals surface area contributed by atoms with Crippen LogP contribution in [0.25, 0.3) is 21.7 Å². The molecule has 129 valence electrons. The van der Waals surface area contributed by atoms with Gasteiger partial charge in [0.1, 0.15) is 5.58 Å². The zero-order valence-electron chi connectivity index (χ0n) is 14.9. The van der Waals surface area contributed by atoms with Gasteiger partial charge in [-0.05, 0) is 30.3 Å². The van der Waals surface area contributed by atoms with Gasteiger partial charge in [0, 0.05) is 27.3 Å². The highest BCUT2D eigenvalue weighted by atomic mass is 32.1. The average molecular weight is 360 g/mol. The normalized spacial score (nSPS) is 11.8. The van der Waals surface area contributed by atoms with E-state index in [0.717, 1.165) is 27.4 Å². The molecule has 4 aromatic rings. The molecule has 0 saturated carbocycles. The number of carbonyl (C=O) groups excluding carboxylic acids is 1. The largest absolute Gasteiger partial charge is 0.454 e. The van der Waals surface area contributed by atoms with Crippen LogP contribution in [0, 0.1) is 6.07 Å². The Kier molecular flexibility index (Phi) is 4.00. The summed E-state index contributed by atoms with van der Waals surface area (Å²) < 4.78 is 5.95. The van der Waals surface area contributed by atoms with Crippen LogP contribution in [0.5, 0.6) is 0 Å². The second kappa shape index (κ2) is 6.22. The molecular formula is C22H18NO2S. The molecule has 0 aliphatic rings. The minimum atomic E-state index is -0.0421. The first-order chi connectivity index (χ1) is 12.4. The smallest absolute Gasteiger partial charge is 0.193 e. The zero-order chi connectivity index (χ0) is 18.3. The van der Waals surface area contributed by atoms with Gasteiger partial charge in [-0.2, -0.15) is 0 Å². The Bertz CT molecular complexity index is 1080. The zero-order valence-corrected chi connectivity index (χ0v) is 15.7. The van der Waals surface area contributed by atoms with Crippen molar-refractivity contribution in [3.05, 3.63) is 76.8 Å². The van der Waals surface area contributed by atoms with Crippen molar-refractivity contribution in [2.24, 2.45) is 0 Å². The first-order valence-electron chi connectivity index (χ1n) is 8.43. The Hall–Kier alpha value is -2.72. The van der Waals surface area contributed by atoms with E-state index in [1.54, 1.807) is 29.5 Å². The molecule has 3 nitrogen and oxygen atoms in total. The predicted molar refractivity (Wildman–Crippen MR) is 105 cm³/mol. The number of rotatable bonds is 3. The van der Waals surface area contributed by atoms with Crippen LogP contribution in [0.3, 0.4) is 0 Å². The topological polar surface area (TPSA) is 43.1 Å². The van der Waals surface area contributed by atoms with Gasteiger partial charge in [0.25, 0.3) is 0 Å². The van der Waals surface area contributed by atoms with Gasteiger partial charge in [-0.3, -0.25) is 4.79 Å². The molecule has 0 bridgehead atoms. The number of furan rings is 1. The van der Waals surface area contributed by atoms with Crippen LogP contribution in [0.2, 0.25) is 0 Å². The number of nitrogens with zero attached hydrogens (tertiary/aromatic N) is 1. The van der Waals surface area contributed by atoms with Crippen molar-refractivity contribution >= 4 is 28.1 Å². The number of benzene rings is 2. The number of hydrogen-bond acceptors (Lipinski definition) is 4. The molecule has 4 heteroatoms. The van der Waals surface area contributed by atoms with Gasteiger partial charge >= 0.3 is 0 Å². The second-order valence-corrected chi connectivity index (χ2v) is 8.11. The van der Waals surface area contributed by atoms with E-state index >= 15 is 0 Å². The summed E-state index contributed by atoms with van der Waals surface area (Å²) in [4.78, 5) is 17.3. The van der Waals surface area contributed by atoms with Crippen LogP contribution in [-0.2, 0) is 5.41 Å². The molecule has 2 aromatic carbocycles. The lowest BCUT2D eigenvalue weighted by atomic mass is 9.93. The quantitative estimate of drug-likeness (QED) is 0.428.